The van der Waals surface area contributed by atoms with Gasteiger partial charge in [0, 0.05) is 31.1 Å². The van der Waals surface area contributed by atoms with E-state index >= 15 is 0 Å². The van der Waals surface area contributed by atoms with Crippen molar-refractivity contribution in [1.82, 2.24) is 5.32 Å². The van der Waals surface area contributed by atoms with Gasteiger partial charge < -0.3 is 15.4 Å². The first-order valence-corrected chi connectivity index (χ1v) is 7.58. The molecule has 0 saturated heterocycles. The average Bonchev–Trinajstić information content (AvgIpc) is 2.91. The summed E-state index contributed by atoms with van der Waals surface area (Å²) >= 11 is 0. The third-order valence-electron chi connectivity index (χ3n) is 4.23. The fourth-order valence-electron chi connectivity index (χ4n) is 3.18. The van der Waals surface area contributed by atoms with Crippen LogP contribution in [0.4, 0.5) is 5.69 Å². The Morgan fingerprint density at radius 1 is 1.50 bits per heavy atom. The molecule has 1 atom stereocenters. The lowest BCUT2D eigenvalue weighted by Gasteiger charge is -2.22. The minimum atomic E-state index is 0.134. The van der Waals surface area contributed by atoms with Gasteiger partial charge >= 0.3 is 0 Å². The molecule has 0 saturated carbocycles. The molecule has 0 radical (unpaired) electrons. The molecule has 108 valence electrons. The number of benzene rings is 1. The summed E-state index contributed by atoms with van der Waals surface area (Å²) in [4.78, 5) is 11.3. The van der Waals surface area contributed by atoms with E-state index in [4.69, 9.17) is 4.74 Å². The zero-order valence-corrected chi connectivity index (χ0v) is 12.0. The standard InChI is InChI=1S/C16H22N2O2/c1-2-15(19)17-8-7-11-10-18-13-5-6-14-12(16(11)13)4-3-9-20-14/h5-6,11,18H,2-4,7-10H2,1H3,(H,17,19). The number of amides is 1. The van der Waals surface area contributed by atoms with Crippen LogP contribution in [0.1, 0.15) is 43.2 Å². The molecule has 1 aromatic rings. The van der Waals surface area contributed by atoms with E-state index in [1.807, 2.05) is 6.92 Å². The topological polar surface area (TPSA) is 50.4 Å². The number of hydrogen-bond acceptors (Lipinski definition) is 3. The van der Waals surface area contributed by atoms with Crippen LogP contribution in [0.25, 0.3) is 0 Å². The second kappa shape index (κ2) is 5.73. The Bertz CT molecular complexity index is 513. The number of anilines is 1. The van der Waals surface area contributed by atoms with E-state index in [1.54, 1.807) is 0 Å². The predicted octanol–water partition coefficient (Wildman–Crippen LogP) is 2.44. The Kier molecular flexibility index (Phi) is 3.81. The van der Waals surface area contributed by atoms with Gasteiger partial charge in [0.05, 0.1) is 6.61 Å². The molecule has 4 nitrogen and oxygen atoms in total. The van der Waals surface area contributed by atoms with Gasteiger partial charge in [0.2, 0.25) is 5.91 Å². The molecule has 0 aromatic heterocycles. The number of carbonyl (C=O) groups is 1. The molecule has 1 amide bonds. The number of nitrogens with one attached hydrogen (secondary N) is 2. The van der Waals surface area contributed by atoms with Crippen LogP contribution in [0, 0.1) is 0 Å². The van der Waals surface area contributed by atoms with Crippen molar-refractivity contribution in [2.75, 3.05) is 25.0 Å². The molecule has 1 unspecified atom stereocenters. The van der Waals surface area contributed by atoms with Gasteiger partial charge in [0.25, 0.3) is 0 Å². The lowest BCUT2D eigenvalue weighted by atomic mass is 9.89. The van der Waals surface area contributed by atoms with E-state index < -0.39 is 0 Å². The van der Waals surface area contributed by atoms with Crippen molar-refractivity contribution >= 4 is 11.6 Å². The highest BCUT2D eigenvalue weighted by atomic mass is 16.5. The highest BCUT2D eigenvalue weighted by Gasteiger charge is 2.28. The lowest BCUT2D eigenvalue weighted by Crippen LogP contribution is -2.25. The first kappa shape index (κ1) is 13.3. The van der Waals surface area contributed by atoms with Crippen molar-refractivity contribution in [3.8, 4) is 5.75 Å². The van der Waals surface area contributed by atoms with E-state index in [1.165, 1.54) is 16.8 Å². The monoisotopic (exact) mass is 274 g/mol. The molecule has 2 heterocycles. The van der Waals surface area contributed by atoms with Crippen molar-refractivity contribution < 1.29 is 9.53 Å². The van der Waals surface area contributed by atoms with Crippen LogP contribution >= 0.6 is 0 Å². The summed E-state index contributed by atoms with van der Waals surface area (Å²) in [5.41, 5.74) is 4.06. The Balaban J connectivity index is 1.73. The van der Waals surface area contributed by atoms with Gasteiger partial charge in [-0.25, -0.2) is 0 Å². The van der Waals surface area contributed by atoms with Crippen LogP contribution < -0.4 is 15.4 Å². The SMILES string of the molecule is CCC(=O)NCCC1CNc2ccc3c(c21)CCCO3. The predicted molar refractivity (Wildman–Crippen MR) is 79.4 cm³/mol. The quantitative estimate of drug-likeness (QED) is 0.886. The fourth-order valence-corrected chi connectivity index (χ4v) is 3.18. The normalized spacial score (nSPS) is 19.6. The molecule has 2 N–H and O–H groups in total. The highest BCUT2D eigenvalue weighted by Crippen LogP contribution is 2.42. The summed E-state index contributed by atoms with van der Waals surface area (Å²) in [5.74, 6) is 1.68. The van der Waals surface area contributed by atoms with Gasteiger partial charge in [0.15, 0.2) is 0 Å². The van der Waals surface area contributed by atoms with Gasteiger partial charge in [0.1, 0.15) is 5.75 Å². The molecule has 4 heteroatoms. The van der Waals surface area contributed by atoms with Crippen LogP contribution in [0.15, 0.2) is 12.1 Å². The molecule has 2 aliphatic rings. The zero-order chi connectivity index (χ0) is 13.9. The van der Waals surface area contributed by atoms with Crippen LogP contribution in [-0.2, 0) is 11.2 Å². The first-order chi connectivity index (χ1) is 9.79. The molecule has 0 aliphatic carbocycles. The molecule has 0 spiro atoms. The maximum Gasteiger partial charge on any atom is 0.219 e. The molecule has 0 bridgehead atoms. The second-order valence-corrected chi connectivity index (χ2v) is 5.53. The molecule has 1 aromatic carbocycles. The summed E-state index contributed by atoms with van der Waals surface area (Å²) in [6, 6.07) is 4.21. The van der Waals surface area contributed by atoms with Crippen molar-refractivity contribution in [2.24, 2.45) is 0 Å². The minimum absolute atomic E-state index is 0.134. The van der Waals surface area contributed by atoms with Crippen LogP contribution in [0.3, 0.4) is 0 Å². The molecular formula is C16H22N2O2. The number of carbonyl (C=O) groups excluding carboxylic acids is 1. The van der Waals surface area contributed by atoms with Crippen LogP contribution in [-0.4, -0.2) is 25.6 Å². The zero-order valence-electron chi connectivity index (χ0n) is 12.0. The largest absolute Gasteiger partial charge is 0.493 e. The summed E-state index contributed by atoms with van der Waals surface area (Å²) in [5, 5.41) is 6.46. The summed E-state index contributed by atoms with van der Waals surface area (Å²) in [6.45, 7) is 4.43. The third kappa shape index (κ3) is 2.47. The van der Waals surface area contributed by atoms with Gasteiger partial charge in [-0.15, -0.1) is 0 Å². The average molecular weight is 274 g/mol. The molecule has 0 fully saturated rings. The van der Waals surface area contributed by atoms with Crippen LogP contribution in [0.5, 0.6) is 5.75 Å². The van der Waals surface area contributed by atoms with Crippen molar-refractivity contribution in [3.63, 3.8) is 0 Å². The smallest absolute Gasteiger partial charge is 0.219 e. The minimum Gasteiger partial charge on any atom is -0.493 e. The maximum atomic E-state index is 11.3. The number of hydrogen-bond donors (Lipinski definition) is 2. The molecule has 20 heavy (non-hydrogen) atoms. The summed E-state index contributed by atoms with van der Waals surface area (Å²) < 4.78 is 5.76. The van der Waals surface area contributed by atoms with E-state index in [9.17, 15) is 4.79 Å². The first-order valence-electron chi connectivity index (χ1n) is 7.58. The van der Waals surface area contributed by atoms with Gasteiger partial charge in [-0.3, -0.25) is 4.79 Å². The lowest BCUT2D eigenvalue weighted by molar-refractivity contribution is -0.120. The Morgan fingerprint density at radius 2 is 2.40 bits per heavy atom. The van der Waals surface area contributed by atoms with E-state index in [2.05, 4.69) is 22.8 Å². The van der Waals surface area contributed by atoms with Crippen molar-refractivity contribution in [3.05, 3.63) is 23.3 Å². The maximum absolute atomic E-state index is 11.3. The van der Waals surface area contributed by atoms with Gasteiger partial charge in [-0.05, 0) is 42.5 Å². The Morgan fingerprint density at radius 3 is 3.25 bits per heavy atom. The van der Waals surface area contributed by atoms with Crippen LogP contribution in [0.2, 0.25) is 0 Å². The van der Waals surface area contributed by atoms with E-state index in [0.29, 0.717) is 12.3 Å². The van der Waals surface area contributed by atoms with Gasteiger partial charge in [-0.1, -0.05) is 6.92 Å². The van der Waals surface area contributed by atoms with Crippen molar-refractivity contribution in [2.45, 2.75) is 38.5 Å². The van der Waals surface area contributed by atoms with Crippen molar-refractivity contribution in [1.29, 1.82) is 0 Å². The Hall–Kier alpha value is -1.71. The summed E-state index contributed by atoms with van der Waals surface area (Å²) in [6.07, 6.45) is 3.76. The van der Waals surface area contributed by atoms with E-state index in [0.717, 1.165) is 44.7 Å². The molecule has 3 rings (SSSR count). The van der Waals surface area contributed by atoms with E-state index in [-0.39, 0.29) is 5.91 Å². The number of ether oxygens (including phenoxy) is 1. The number of rotatable bonds is 4. The fraction of sp³-hybridized carbons (Fsp3) is 0.562. The second-order valence-electron chi connectivity index (χ2n) is 5.53. The third-order valence-corrected chi connectivity index (χ3v) is 4.23. The van der Waals surface area contributed by atoms with Gasteiger partial charge in [-0.2, -0.15) is 0 Å². The molecule has 2 aliphatic heterocycles. The summed E-state index contributed by atoms with van der Waals surface area (Å²) in [7, 11) is 0. The highest BCUT2D eigenvalue weighted by molar-refractivity contribution is 5.75. The molecular weight excluding hydrogens is 252 g/mol. The Labute approximate surface area is 119 Å². The number of fused-ring (bicyclic) bond motifs is 3.